The van der Waals surface area contributed by atoms with Gasteiger partial charge in [0, 0.05) is 32.3 Å². The lowest BCUT2D eigenvalue weighted by Crippen LogP contribution is -2.59. The Morgan fingerprint density at radius 3 is 2.68 bits per heavy atom. The molecule has 4 aliphatic heterocycles. The van der Waals surface area contributed by atoms with Gasteiger partial charge in [-0.1, -0.05) is 62.8 Å². The number of ether oxygens (including phenoxy) is 5. The summed E-state index contributed by atoms with van der Waals surface area (Å²) in [5, 5.41) is 23.6. The number of carbonyl (C=O) groups excluding carboxylic acids is 1. The summed E-state index contributed by atoms with van der Waals surface area (Å²) < 4.78 is 31.7. The van der Waals surface area contributed by atoms with E-state index in [-0.39, 0.29) is 30.7 Å². The minimum absolute atomic E-state index is 0.0986. The zero-order chi connectivity index (χ0) is 31.8. The van der Waals surface area contributed by atoms with E-state index < -0.39 is 47.7 Å². The Hall–Kier alpha value is -2.07. The Kier molecular flexibility index (Phi) is 10.1. The van der Waals surface area contributed by atoms with Crippen LogP contribution in [0.5, 0.6) is 0 Å². The number of esters is 1. The molecule has 11 atom stereocenters. The van der Waals surface area contributed by atoms with Gasteiger partial charge >= 0.3 is 5.97 Å². The first-order valence-corrected chi connectivity index (χ1v) is 16.4. The zero-order valence-corrected chi connectivity index (χ0v) is 27.5. The first-order valence-electron chi connectivity index (χ1n) is 16.4. The van der Waals surface area contributed by atoms with E-state index in [9.17, 15) is 15.0 Å². The number of methoxy groups -OCH3 is 1. The summed E-state index contributed by atoms with van der Waals surface area (Å²) in [4.78, 5) is 14.1. The lowest BCUT2D eigenvalue weighted by molar-refractivity contribution is -0.342. The van der Waals surface area contributed by atoms with Gasteiger partial charge in [-0.2, -0.15) is 0 Å². The average Bonchev–Trinajstić information content (AvgIpc) is 3.29. The van der Waals surface area contributed by atoms with Crippen LogP contribution in [-0.2, 0) is 28.5 Å². The van der Waals surface area contributed by atoms with Crippen molar-refractivity contribution in [1.29, 1.82) is 0 Å². The molecule has 11 unspecified atom stereocenters. The molecule has 2 bridgehead atoms. The molecule has 5 rings (SSSR count). The molecule has 4 heterocycles. The summed E-state index contributed by atoms with van der Waals surface area (Å²) in [6.45, 7) is 12.5. The van der Waals surface area contributed by atoms with Crippen LogP contribution in [0.25, 0.3) is 0 Å². The number of rotatable bonds is 3. The molecule has 0 saturated carbocycles. The van der Waals surface area contributed by atoms with Crippen molar-refractivity contribution in [3.05, 3.63) is 58.7 Å². The van der Waals surface area contributed by atoms with Crippen molar-refractivity contribution in [1.82, 2.24) is 0 Å². The summed E-state index contributed by atoms with van der Waals surface area (Å²) in [5.41, 5.74) is 2.15. The molecule has 3 fully saturated rings. The molecule has 44 heavy (non-hydrogen) atoms. The topological polar surface area (TPSA) is 104 Å². The van der Waals surface area contributed by atoms with E-state index in [0.29, 0.717) is 31.3 Å². The van der Waals surface area contributed by atoms with Gasteiger partial charge in [-0.15, -0.1) is 0 Å². The molecule has 0 aromatic carbocycles. The second-order valence-electron chi connectivity index (χ2n) is 13.8. The molecule has 0 aromatic rings. The Balaban J connectivity index is 1.53. The smallest absolute Gasteiger partial charge is 0.316 e. The van der Waals surface area contributed by atoms with E-state index >= 15 is 0 Å². The molecule has 244 valence electrons. The zero-order valence-electron chi connectivity index (χ0n) is 27.5. The summed E-state index contributed by atoms with van der Waals surface area (Å²) in [6, 6.07) is 0. The minimum atomic E-state index is -1.61. The molecule has 0 aromatic heterocycles. The third kappa shape index (κ3) is 6.44. The van der Waals surface area contributed by atoms with Crippen molar-refractivity contribution in [3.8, 4) is 0 Å². The van der Waals surface area contributed by atoms with Gasteiger partial charge in [0.05, 0.1) is 24.9 Å². The number of allylic oxidation sites excluding steroid dienone is 5. The number of hydrogen-bond donors (Lipinski definition) is 2. The Morgan fingerprint density at radius 2 is 1.95 bits per heavy atom. The van der Waals surface area contributed by atoms with Gasteiger partial charge < -0.3 is 33.9 Å². The van der Waals surface area contributed by atoms with Gasteiger partial charge in [-0.3, -0.25) is 4.79 Å². The third-order valence-electron chi connectivity index (χ3n) is 10.3. The minimum Gasteiger partial charge on any atom is -0.462 e. The first-order chi connectivity index (χ1) is 20.9. The SMILES string of the molecule is CCC=C(C)C1OC2(CC3CC(CC=C(C)CC(C)C=CC=C4COC5C(OC)C(C)=CC(C(=O)O3)C45O)O2)CC(O)C1C. The summed E-state index contributed by atoms with van der Waals surface area (Å²) >= 11 is 0. The fourth-order valence-electron chi connectivity index (χ4n) is 7.96. The third-order valence-corrected chi connectivity index (χ3v) is 10.3. The van der Waals surface area contributed by atoms with Crippen LogP contribution in [0.15, 0.2) is 58.7 Å². The molecule has 0 radical (unpaired) electrons. The summed E-state index contributed by atoms with van der Waals surface area (Å²) in [5.74, 6) is -2.41. The second-order valence-corrected chi connectivity index (χ2v) is 13.8. The van der Waals surface area contributed by atoms with Crippen LogP contribution in [0.4, 0.5) is 0 Å². The van der Waals surface area contributed by atoms with E-state index in [4.69, 9.17) is 23.7 Å². The van der Waals surface area contributed by atoms with Gasteiger partial charge in [0.2, 0.25) is 0 Å². The normalized spacial score (nSPS) is 43.6. The second kappa shape index (κ2) is 13.3. The van der Waals surface area contributed by atoms with Crippen molar-refractivity contribution in [2.24, 2.45) is 17.8 Å². The largest absolute Gasteiger partial charge is 0.462 e. The lowest BCUT2D eigenvalue weighted by Gasteiger charge is -2.51. The highest BCUT2D eigenvalue weighted by Gasteiger charge is 2.60. The Bertz CT molecular complexity index is 1230. The maximum Gasteiger partial charge on any atom is 0.316 e. The quantitative estimate of drug-likeness (QED) is 0.318. The van der Waals surface area contributed by atoms with Crippen molar-refractivity contribution >= 4 is 5.97 Å². The van der Waals surface area contributed by atoms with Crippen LogP contribution in [0.3, 0.4) is 0 Å². The molecule has 1 aliphatic carbocycles. The number of carbonyl (C=O) groups is 1. The predicted molar refractivity (Wildman–Crippen MR) is 168 cm³/mol. The highest BCUT2D eigenvalue weighted by molar-refractivity contribution is 5.78. The molecule has 1 spiro atoms. The maximum absolute atomic E-state index is 14.1. The number of hydrogen-bond acceptors (Lipinski definition) is 8. The van der Waals surface area contributed by atoms with Gasteiger partial charge in [0.25, 0.3) is 0 Å². The van der Waals surface area contributed by atoms with E-state index in [1.54, 1.807) is 13.2 Å². The summed E-state index contributed by atoms with van der Waals surface area (Å²) in [6.07, 6.45) is 12.6. The van der Waals surface area contributed by atoms with Crippen molar-refractivity contribution < 1.29 is 38.7 Å². The molecule has 2 N–H and O–H groups in total. The lowest BCUT2D eigenvalue weighted by atomic mass is 9.70. The molecule has 8 heteroatoms. The highest BCUT2D eigenvalue weighted by atomic mass is 16.7. The van der Waals surface area contributed by atoms with Gasteiger partial charge in [0.15, 0.2) is 5.79 Å². The molecular formula is C36H52O8. The van der Waals surface area contributed by atoms with E-state index in [0.717, 1.165) is 24.0 Å². The Labute approximate surface area is 262 Å². The summed E-state index contributed by atoms with van der Waals surface area (Å²) in [7, 11) is 1.59. The van der Waals surface area contributed by atoms with Crippen LogP contribution in [0, 0.1) is 17.8 Å². The van der Waals surface area contributed by atoms with Gasteiger partial charge in [0.1, 0.15) is 29.8 Å². The van der Waals surface area contributed by atoms with E-state index in [1.165, 1.54) is 5.57 Å². The maximum atomic E-state index is 14.1. The fraction of sp³-hybridized carbons (Fsp3) is 0.694. The van der Waals surface area contributed by atoms with E-state index in [1.807, 2.05) is 32.9 Å². The predicted octanol–water partition coefficient (Wildman–Crippen LogP) is 5.50. The number of aliphatic hydroxyl groups is 2. The van der Waals surface area contributed by atoms with Crippen molar-refractivity contribution in [2.45, 2.75) is 128 Å². The van der Waals surface area contributed by atoms with Crippen LogP contribution >= 0.6 is 0 Å². The van der Waals surface area contributed by atoms with Crippen LogP contribution in [-0.4, -0.2) is 77.9 Å². The fourth-order valence-corrected chi connectivity index (χ4v) is 7.96. The number of aliphatic hydroxyl groups excluding tert-OH is 1. The van der Waals surface area contributed by atoms with Crippen LogP contribution in [0.2, 0.25) is 0 Å². The molecule has 5 aliphatic rings. The van der Waals surface area contributed by atoms with Crippen molar-refractivity contribution in [3.63, 3.8) is 0 Å². The molecule has 0 amide bonds. The molecule has 8 nitrogen and oxygen atoms in total. The average molecular weight is 613 g/mol. The monoisotopic (exact) mass is 612 g/mol. The first kappa shape index (κ1) is 33.3. The standard InChI is InChI=1S/C36H52O8/c1-8-10-23(4)31-25(6)30(37)19-35(44-31)18-28-17-27(43-35)14-13-22(3)15-21(2)11-9-12-26-20-41-33-32(40-7)24(5)16-29(34(38)42-28)36(26,33)39/h9-13,16,21,25,27-33,37,39H,8,14-15,17-20H2,1-7H3. The van der Waals surface area contributed by atoms with E-state index in [2.05, 4.69) is 39.0 Å². The van der Waals surface area contributed by atoms with Crippen LogP contribution in [0.1, 0.15) is 80.1 Å². The number of fused-ring (bicyclic) bond motifs is 2. The van der Waals surface area contributed by atoms with Crippen LogP contribution < -0.4 is 0 Å². The highest BCUT2D eigenvalue weighted by Crippen LogP contribution is 2.48. The molecular weight excluding hydrogens is 560 g/mol. The van der Waals surface area contributed by atoms with Gasteiger partial charge in [-0.05, 0) is 62.7 Å². The molecule has 3 saturated heterocycles. The van der Waals surface area contributed by atoms with Gasteiger partial charge in [-0.25, -0.2) is 0 Å². The van der Waals surface area contributed by atoms with Crippen molar-refractivity contribution in [2.75, 3.05) is 13.7 Å². The Morgan fingerprint density at radius 1 is 1.18 bits per heavy atom.